The normalized spacial score (nSPS) is 17.7. The number of hydrogen-bond acceptors (Lipinski definition) is 7. The van der Waals surface area contributed by atoms with Gasteiger partial charge in [0.25, 0.3) is 0 Å². The highest BCUT2D eigenvalue weighted by Crippen LogP contribution is 2.24. The number of esters is 1. The Labute approximate surface area is 169 Å². The highest BCUT2D eigenvalue weighted by molar-refractivity contribution is 5.94. The fraction of sp³-hybridized carbons (Fsp3) is 0.905. The molecule has 5 atom stereocenters. The topological polar surface area (TPSA) is 124 Å². The highest BCUT2D eigenvalue weighted by atomic mass is 16.5. The van der Waals surface area contributed by atoms with Gasteiger partial charge >= 0.3 is 5.97 Å². The Morgan fingerprint density at radius 2 is 1.36 bits per heavy atom. The summed E-state index contributed by atoms with van der Waals surface area (Å²) in [5.41, 5.74) is -0.0876. The first kappa shape index (κ1) is 27.0. The van der Waals surface area contributed by atoms with Crippen molar-refractivity contribution in [2.24, 2.45) is 11.3 Å². The maximum absolute atomic E-state index is 11.9. The molecular formula is C21H40O7. The zero-order valence-corrected chi connectivity index (χ0v) is 18.2. The van der Waals surface area contributed by atoms with Crippen molar-refractivity contribution in [3.05, 3.63) is 0 Å². The molecule has 0 heterocycles. The van der Waals surface area contributed by atoms with Gasteiger partial charge in [0.2, 0.25) is 0 Å². The summed E-state index contributed by atoms with van der Waals surface area (Å²) in [6.45, 7) is 10.9. The predicted octanol–water partition coefficient (Wildman–Crippen LogP) is 1.97. The van der Waals surface area contributed by atoms with E-state index in [1.165, 1.54) is 6.92 Å². The van der Waals surface area contributed by atoms with Gasteiger partial charge in [-0.2, -0.15) is 0 Å². The Kier molecular flexibility index (Phi) is 12.1. The van der Waals surface area contributed by atoms with E-state index in [0.29, 0.717) is 6.42 Å². The van der Waals surface area contributed by atoms with E-state index in [9.17, 15) is 30.0 Å². The zero-order chi connectivity index (χ0) is 22.1. The smallest absolute Gasteiger partial charge is 0.313 e. The van der Waals surface area contributed by atoms with Crippen LogP contribution < -0.4 is 0 Å². The largest absolute Gasteiger partial charge is 0.462 e. The van der Waals surface area contributed by atoms with Crippen LogP contribution >= 0.6 is 0 Å². The standard InChI is InChI=1S/C21H40O7/c1-13(2)19(26)11-16(24)10-18(28-20(27)7-14(3)22)9-15(23)8-17(25)12-21(4,5)6/h13,15-19,23-26H,7-12H2,1-6H3. The molecule has 0 rings (SSSR count). The molecule has 0 aliphatic rings. The van der Waals surface area contributed by atoms with Crippen LogP contribution in [0.5, 0.6) is 0 Å². The molecule has 7 nitrogen and oxygen atoms in total. The van der Waals surface area contributed by atoms with E-state index < -0.39 is 36.5 Å². The quantitative estimate of drug-likeness (QED) is 0.273. The number of hydrogen-bond donors (Lipinski definition) is 4. The molecule has 0 aromatic carbocycles. The van der Waals surface area contributed by atoms with E-state index in [2.05, 4.69) is 0 Å². The summed E-state index contributed by atoms with van der Waals surface area (Å²) in [6, 6.07) is 0. The van der Waals surface area contributed by atoms with Crippen molar-refractivity contribution in [2.75, 3.05) is 0 Å². The van der Waals surface area contributed by atoms with Gasteiger partial charge in [-0.15, -0.1) is 0 Å². The molecule has 4 N–H and O–H groups in total. The van der Waals surface area contributed by atoms with Gasteiger partial charge in [0.15, 0.2) is 0 Å². The number of carbonyl (C=O) groups is 2. The van der Waals surface area contributed by atoms with Gasteiger partial charge in [0.1, 0.15) is 18.3 Å². The maximum Gasteiger partial charge on any atom is 0.313 e. The number of Topliss-reactive ketones (excluding diaryl/α,β-unsaturated/α-hetero) is 1. The second-order valence-corrected chi connectivity index (χ2v) is 9.47. The van der Waals surface area contributed by atoms with Crippen molar-refractivity contribution in [3.63, 3.8) is 0 Å². The summed E-state index contributed by atoms with van der Waals surface area (Å²) >= 11 is 0. The first-order valence-electron chi connectivity index (χ1n) is 10.1. The van der Waals surface area contributed by atoms with Crippen LogP contribution in [-0.4, -0.2) is 62.7 Å². The third-order valence-electron chi connectivity index (χ3n) is 4.44. The van der Waals surface area contributed by atoms with Crippen LogP contribution in [0.25, 0.3) is 0 Å². The predicted molar refractivity (Wildman–Crippen MR) is 107 cm³/mol. The Hall–Kier alpha value is -1.02. The van der Waals surface area contributed by atoms with Crippen molar-refractivity contribution in [1.82, 2.24) is 0 Å². The molecule has 0 aromatic rings. The maximum atomic E-state index is 11.9. The van der Waals surface area contributed by atoms with Gasteiger partial charge < -0.3 is 25.2 Å². The summed E-state index contributed by atoms with van der Waals surface area (Å²) in [6.07, 6.45) is -3.56. The molecule has 7 heteroatoms. The first-order valence-corrected chi connectivity index (χ1v) is 10.1. The van der Waals surface area contributed by atoms with Gasteiger partial charge in [0.05, 0.1) is 24.4 Å². The minimum absolute atomic E-state index is 0.0218. The van der Waals surface area contributed by atoms with Crippen molar-refractivity contribution in [2.45, 2.75) is 111 Å². The molecule has 28 heavy (non-hydrogen) atoms. The minimum atomic E-state index is -0.922. The summed E-state index contributed by atoms with van der Waals surface area (Å²) in [5, 5.41) is 40.6. The van der Waals surface area contributed by atoms with Crippen LogP contribution in [0.15, 0.2) is 0 Å². The molecule has 5 unspecified atom stereocenters. The highest BCUT2D eigenvalue weighted by Gasteiger charge is 2.27. The van der Waals surface area contributed by atoms with Crippen LogP contribution in [0.2, 0.25) is 0 Å². The summed E-state index contributed by atoms with van der Waals surface area (Å²) < 4.78 is 5.28. The van der Waals surface area contributed by atoms with E-state index in [4.69, 9.17) is 4.74 Å². The molecule has 0 radical (unpaired) electrons. The van der Waals surface area contributed by atoms with Gasteiger partial charge in [-0.05, 0) is 37.5 Å². The Bertz CT molecular complexity index is 470. The van der Waals surface area contributed by atoms with E-state index in [0.717, 1.165) is 0 Å². The lowest BCUT2D eigenvalue weighted by Crippen LogP contribution is -2.32. The monoisotopic (exact) mass is 404 g/mol. The average molecular weight is 405 g/mol. The van der Waals surface area contributed by atoms with E-state index in [1.54, 1.807) is 0 Å². The van der Waals surface area contributed by atoms with Gasteiger partial charge in [-0.1, -0.05) is 34.6 Å². The second kappa shape index (κ2) is 12.5. The molecule has 0 saturated carbocycles. The van der Waals surface area contributed by atoms with E-state index >= 15 is 0 Å². The summed E-state index contributed by atoms with van der Waals surface area (Å²) in [4.78, 5) is 23.0. The van der Waals surface area contributed by atoms with Crippen LogP contribution in [-0.2, 0) is 14.3 Å². The Morgan fingerprint density at radius 3 is 1.79 bits per heavy atom. The number of ketones is 1. The fourth-order valence-electron chi connectivity index (χ4n) is 3.08. The van der Waals surface area contributed by atoms with Crippen LogP contribution in [0.3, 0.4) is 0 Å². The van der Waals surface area contributed by atoms with Gasteiger partial charge in [-0.25, -0.2) is 0 Å². The van der Waals surface area contributed by atoms with Gasteiger partial charge in [-0.3, -0.25) is 9.59 Å². The van der Waals surface area contributed by atoms with Crippen molar-refractivity contribution in [3.8, 4) is 0 Å². The number of carbonyl (C=O) groups excluding carboxylic acids is 2. The van der Waals surface area contributed by atoms with Crippen molar-refractivity contribution < 1.29 is 34.8 Å². The second-order valence-electron chi connectivity index (χ2n) is 9.47. The molecule has 166 valence electrons. The van der Waals surface area contributed by atoms with E-state index in [-0.39, 0.29) is 49.2 Å². The van der Waals surface area contributed by atoms with Crippen LogP contribution in [0.1, 0.15) is 80.1 Å². The molecular weight excluding hydrogens is 364 g/mol. The lowest BCUT2D eigenvalue weighted by atomic mass is 9.87. The van der Waals surface area contributed by atoms with Crippen molar-refractivity contribution in [1.29, 1.82) is 0 Å². The number of ether oxygens (including phenoxy) is 1. The molecule has 0 aliphatic heterocycles. The summed E-state index contributed by atoms with van der Waals surface area (Å²) in [5.74, 6) is -1.07. The molecule has 0 amide bonds. The molecule has 0 aromatic heterocycles. The zero-order valence-electron chi connectivity index (χ0n) is 18.2. The third-order valence-corrected chi connectivity index (χ3v) is 4.44. The van der Waals surface area contributed by atoms with E-state index in [1.807, 2.05) is 34.6 Å². The molecule has 0 bridgehead atoms. The van der Waals surface area contributed by atoms with Crippen LogP contribution in [0.4, 0.5) is 0 Å². The average Bonchev–Trinajstić information content (AvgIpc) is 2.42. The molecule has 0 fully saturated rings. The lowest BCUT2D eigenvalue weighted by molar-refractivity contribution is -0.153. The summed E-state index contributed by atoms with van der Waals surface area (Å²) in [7, 11) is 0. The number of aliphatic hydroxyl groups is 4. The first-order chi connectivity index (χ1) is 12.7. The molecule has 0 aliphatic carbocycles. The third kappa shape index (κ3) is 14.0. The van der Waals surface area contributed by atoms with Crippen LogP contribution in [0, 0.1) is 11.3 Å². The lowest BCUT2D eigenvalue weighted by Gasteiger charge is -2.27. The minimum Gasteiger partial charge on any atom is -0.462 e. The number of rotatable bonds is 13. The van der Waals surface area contributed by atoms with Gasteiger partial charge in [0, 0.05) is 12.8 Å². The number of aliphatic hydroxyl groups excluding tert-OH is 4. The molecule has 0 spiro atoms. The Balaban J connectivity index is 4.87. The molecule has 0 saturated heterocycles. The SMILES string of the molecule is CC(=O)CC(=O)OC(CC(O)CC(O)CC(C)(C)C)CC(O)CC(O)C(C)C. The Morgan fingerprint density at radius 1 is 0.857 bits per heavy atom. The fourth-order valence-corrected chi connectivity index (χ4v) is 3.08. The van der Waals surface area contributed by atoms with Crippen molar-refractivity contribution >= 4 is 11.8 Å².